The van der Waals surface area contributed by atoms with E-state index in [0.717, 1.165) is 11.1 Å². The summed E-state index contributed by atoms with van der Waals surface area (Å²) in [7, 11) is 0. The van der Waals surface area contributed by atoms with Crippen LogP contribution in [0.15, 0.2) is 48.5 Å². The molecule has 8 heteroatoms. The molecule has 0 radical (unpaired) electrons. The van der Waals surface area contributed by atoms with Gasteiger partial charge in [-0.3, -0.25) is 9.59 Å². The summed E-state index contributed by atoms with van der Waals surface area (Å²) in [5.74, 6) is -1.40. The highest BCUT2D eigenvalue weighted by atomic mass is 16.4. The van der Waals surface area contributed by atoms with E-state index in [1.807, 2.05) is 12.1 Å². The molecular weight excluding hydrogens is 340 g/mol. The number of phenols is 2. The van der Waals surface area contributed by atoms with Crippen LogP contribution in [-0.2, 0) is 22.7 Å². The molecule has 2 rings (SSSR count). The van der Waals surface area contributed by atoms with Gasteiger partial charge in [0.05, 0.1) is 13.1 Å². The van der Waals surface area contributed by atoms with Crippen LogP contribution in [0, 0.1) is 0 Å². The SMILES string of the molecule is O=C(O)CNCc1cccc(O)c1.O=C(O)CNCc1cccc(O)c1. The second kappa shape index (κ2) is 11.5. The fourth-order valence-electron chi connectivity index (χ4n) is 1.96. The van der Waals surface area contributed by atoms with Crippen molar-refractivity contribution in [3.8, 4) is 11.5 Å². The Bertz CT molecular complexity index is 659. The number of hydrogen-bond donors (Lipinski definition) is 6. The van der Waals surface area contributed by atoms with Gasteiger partial charge in [0.15, 0.2) is 0 Å². The van der Waals surface area contributed by atoms with Crippen molar-refractivity contribution in [2.24, 2.45) is 0 Å². The maximum absolute atomic E-state index is 10.1. The number of benzene rings is 2. The summed E-state index contributed by atoms with van der Waals surface area (Å²) >= 11 is 0. The zero-order chi connectivity index (χ0) is 19.4. The van der Waals surface area contributed by atoms with Gasteiger partial charge in [0.25, 0.3) is 0 Å². The van der Waals surface area contributed by atoms with Crippen LogP contribution in [0.1, 0.15) is 11.1 Å². The summed E-state index contributed by atoms with van der Waals surface area (Å²) in [5, 5.41) is 40.3. The number of phenolic OH excluding ortho intramolecular Hbond substituents is 2. The Morgan fingerprint density at radius 1 is 0.731 bits per heavy atom. The van der Waals surface area contributed by atoms with Crippen LogP contribution in [0.25, 0.3) is 0 Å². The van der Waals surface area contributed by atoms with Gasteiger partial charge >= 0.3 is 11.9 Å². The monoisotopic (exact) mass is 362 g/mol. The van der Waals surface area contributed by atoms with E-state index < -0.39 is 11.9 Å². The molecule has 2 aromatic carbocycles. The van der Waals surface area contributed by atoms with Gasteiger partial charge in [-0.15, -0.1) is 0 Å². The molecule has 0 aliphatic carbocycles. The Kier molecular flexibility index (Phi) is 9.23. The molecule has 26 heavy (non-hydrogen) atoms. The Morgan fingerprint density at radius 3 is 1.42 bits per heavy atom. The van der Waals surface area contributed by atoms with Crippen molar-refractivity contribution in [2.75, 3.05) is 13.1 Å². The predicted molar refractivity (Wildman–Crippen MR) is 94.9 cm³/mol. The van der Waals surface area contributed by atoms with E-state index in [-0.39, 0.29) is 24.6 Å². The maximum atomic E-state index is 10.1. The topological polar surface area (TPSA) is 139 Å². The third-order valence-electron chi connectivity index (χ3n) is 3.03. The van der Waals surface area contributed by atoms with Crippen LogP contribution in [0.3, 0.4) is 0 Å². The highest BCUT2D eigenvalue weighted by molar-refractivity contribution is 5.69. The molecule has 6 N–H and O–H groups in total. The molecule has 0 spiro atoms. The zero-order valence-electron chi connectivity index (χ0n) is 14.1. The second-order valence-electron chi connectivity index (χ2n) is 5.33. The van der Waals surface area contributed by atoms with E-state index in [1.165, 1.54) is 0 Å². The predicted octanol–water partition coefficient (Wildman–Crippen LogP) is 1.13. The lowest BCUT2D eigenvalue weighted by atomic mass is 10.2. The molecule has 2 aromatic rings. The normalized spacial score (nSPS) is 9.85. The quantitative estimate of drug-likeness (QED) is 0.411. The molecule has 0 aromatic heterocycles. The van der Waals surface area contributed by atoms with Crippen LogP contribution in [0.4, 0.5) is 0 Å². The van der Waals surface area contributed by atoms with E-state index in [0.29, 0.717) is 13.1 Å². The Labute approximate surface area is 150 Å². The standard InChI is InChI=1S/2C9H11NO3/c2*11-8-3-1-2-7(4-8)5-10-6-9(12)13/h2*1-4,10-11H,5-6H2,(H,12,13). The van der Waals surface area contributed by atoms with E-state index in [2.05, 4.69) is 10.6 Å². The molecule has 0 bridgehead atoms. The highest BCUT2D eigenvalue weighted by Crippen LogP contribution is 2.10. The highest BCUT2D eigenvalue weighted by Gasteiger charge is 1.98. The second-order valence-corrected chi connectivity index (χ2v) is 5.33. The lowest BCUT2D eigenvalue weighted by molar-refractivity contribution is -0.137. The van der Waals surface area contributed by atoms with Gasteiger partial charge in [-0.1, -0.05) is 24.3 Å². The molecule has 0 atom stereocenters. The third kappa shape index (κ3) is 9.91. The van der Waals surface area contributed by atoms with Gasteiger partial charge in [0.2, 0.25) is 0 Å². The first-order valence-electron chi connectivity index (χ1n) is 7.77. The van der Waals surface area contributed by atoms with Crippen molar-refractivity contribution in [1.82, 2.24) is 10.6 Å². The average Bonchev–Trinajstić information content (AvgIpc) is 2.55. The average molecular weight is 362 g/mol. The van der Waals surface area contributed by atoms with Crippen LogP contribution in [0.2, 0.25) is 0 Å². The number of hydrogen-bond acceptors (Lipinski definition) is 6. The van der Waals surface area contributed by atoms with Crippen LogP contribution >= 0.6 is 0 Å². The molecular formula is C18H22N2O6. The number of carboxylic acids is 2. The minimum atomic E-state index is -0.889. The van der Waals surface area contributed by atoms with Gasteiger partial charge in [0.1, 0.15) is 11.5 Å². The molecule has 8 nitrogen and oxygen atoms in total. The lowest BCUT2D eigenvalue weighted by Gasteiger charge is -2.01. The molecule has 140 valence electrons. The maximum Gasteiger partial charge on any atom is 0.317 e. The van der Waals surface area contributed by atoms with Crippen molar-refractivity contribution in [3.63, 3.8) is 0 Å². The molecule has 0 aliphatic rings. The number of aliphatic carboxylic acids is 2. The molecule has 0 amide bonds. The molecule has 0 saturated carbocycles. The van der Waals surface area contributed by atoms with E-state index in [9.17, 15) is 9.59 Å². The van der Waals surface area contributed by atoms with Crippen molar-refractivity contribution in [1.29, 1.82) is 0 Å². The van der Waals surface area contributed by atoms with Crippen LogP contribution < -0.4 is 10.6 Å². The van der Waals surface area contributed by atoms with Crippen molar-refractivity contribution >= 4 is 11.9 Å². The van der Waals surface area contributed by atoms with E-state index in [4.69, 9.17) is 20.4 Å². The number of nitrogens with one attached hydrogen (secondary N) is 2. The fraction of sp³-hybridized carbons (Fsp3) is 0.222. The Morgan fingerprint density at radius 2 is 1.12 bits per heavy atom. The minimum Gasteiger partial charge on any atom is -0.508 e. The first-order chi connectivity index (χ1) is 12.4. The fourth-order valence-corrected chi connectivity index (χ4v) is 1.96. The Balaban J connectivity index is 0.000000260. The molecule has 0 unspecified atom stereocenters. The number of rotatable bonds is 8. The van der Waals surface area contributed by atoms with Gasteiger partial charge in [-0.2, -0.15) is 0 Å². The van der Waals surface area contributed by atoms with Crippen molar-refractivity contribution in [2.45, 2.75) is 13.1 Å². The third-order valence-corrected chi connectivity index (χ3v) is 3.03. The van der Waals surface area contributed by atoms with Gasteiger partial charge in [-0.05, 0) is 35.4 Å². The summed E-state index contributed by atoms with van der Waals surface area (Å²) in [6.07, 6.45) is 0. The molecule has 0 heterocycles. The number of carbonyl (C=O) groups is 2. The van der Waals surface area contributed by atoms with Gasteiger partial charge in [0, 0.05) is 13.1 Å². The Hall–Kier alpha value is -3.10. The van der Waals surface area contributed by atoms with E-state index in [1.54, 1.807) is 36.4 Å². The van der Waals surface area contributed by atoms with Gasteiger partial charge in [-0.25, -0.2) is 0 Å². The molecule has 0 saturated heterocycles. The molecule has 0 aliphatic heterocycles. The lowest BCUT2D eigenvalue weighted by Crippen LogP contribution is -2.21. The molecule has 0 fully saturated rings. The summed E-state index contributed by atoms with van der Waals surface area (Å²) in [6.45, 7) is 0.743. The summed E-state index contributed by atoms with van der Waals surface area (Å²) in [5.41, 5.74) is 1.72. The van der Waals surface area contributed by atoms with Gasteiger partial charge < -0.3 is 31.1 Å². The number of carboxylic acid groups (broad SMARTS) is 2. The van der Waals surface area contributed by atoms with Crippen molar-refractivity contribution < 1.29 is 30.0 Å². The van der Waals surface area contributed by atoms with Crippen molar-refractivity contribution in [3.05, 3.63) is 59.7 Å². The van der Waals surface area contributed by atoms with Crippen LogP contribution in [-0.4, -0.2) is 45.5 Å². The first kappa shape index (κ1) is 20.9. The smallest absolute Gasteiger partial charge is 0.317 e. The largest absolute Gasteiger partial charge is 0.508 e. The van der Waals surface area contributed by atoms with E-state index >= 15 is 0 Å². The zero-order valence-corrected chi connectivity index (χ0v) is 14.1. The van der Waals surface area contributed by atoms with Crippen LogP contribution in [0.5, 0.6) is 11.5 Å². The minimum absolute atomic E-state index is 0.0738. The summed E-state index contributed by atoms with van der Waals surface area (Å²) < 4.78 is 0. The first-order valence-corrected chi connectivity index (χ1v) is 7.77. The summed E-state index contributed by atoms with van der Waals surface area (Å²) in [6, 6.07) is 13.4. The summed E-state index contributed by atoms with van der Waals surface area (Å²) in [4.78, 5) is 20.3. The number of aromatic hydroxyl groups is 2.